The van der Waals surface area contributed by atoms with E-state index in [9.17, 15) is 8.42 Å². The zero-order valence-electron chi connectivity index (χ0n) is 15.0. The molecule has 0 amide bonds. The fourth-order valence-electron chi connectivity index (χ4n) is 2.91. The van der Waals surface area contributed by atoms with Gasteiger partial charge in [0, 0.05) is 12.5 Å². The second kappa shape index (κ2) is 7.85. The number of nitrogens with one attached hydrogen (secondary N) is 1. The van der Waals surface area contributed by atoms with Gasteiger partial charge in [-0.2, -0.15) is 0 Å². The number of aryl methyl sites for hydroxylation is 2. The Morgan fingerprint density at radius 2 is 1.23 bits per heavy atom. The van der Waals surface area contributed by atoms with Crippen molar-refractivity contribution in [1.29, 1.82) is 0 Å². The highest BCUT2D eigenvalue weighted by Gasteiger charge is 2.19. The van der Waals surface area contributed by atoms with Crippen molar-refractivity contribution in [2.75, 3.05) is 6.54 Å². The molecule has 134 valence electrons. The van der Waals surface area contributed by atoms with Gasteiger partial charge in [-0.25, -0.2) is 13.1 Å². The highest BCUT2D eigenvalue weighted by atomic mass is 32.2. The van der Waals surface area contributed by atoms with Crippen LogP contribution in [0.2, 0.25) is 0 Å². The molecular weight excluding hydrogens is 342 g/mol. The summed E-state index contributed by atoms with van der Waals surface area (Å²) in [5.74, 6) is -0.0444. The van der Waals surface area contributed by atoms with E-state index in [0.29, 0.717) is 11.4 Å². The summed E-state index contributed by atoms with van der Waals surface area (Å²) in [6.45, 7) is 4.29. The Bertz CT molecular complexity index is 947. The van der Waals surface area contributed by atoms with Gasteiger partial charge < -0.3 is 0 Å². The molecule has 3 aromatic carbocycles. The molecule has 0 aromatic heterocycles. The largest absolute Gasteiger partial charge is 0.240 e. The zero-order valence-corrected chi connectivity index (χ0v) is 15.8. The first-order valence-corrected chi connectivity index (χ1v) is 10.1. The Morgan fingerprint density at radius 1 is 0.731 bits per heavy atom. The second-order valence-electron chi connectivity index (χ2n) is 6.54. The monoisotopic (exact) mass is 365 g/mol. The summed E-state index contributed by atoms with van der Waals surface area (Å²) >= 11 is 0. The van der Waals surface area contributed by atoms with E-state index in [1.165, 1.54) is 5.56 Å². The summed E-state index contributed by atoms with van der Waals surface area (Å²) < 4.78 is 28.1. The van der Waals surface area contributed by atoms with Gasteiger partial charge in [-0.3, -0.25) is 0 Å². The molecule has 0 aliphatic heterocycles. The molecule has 3 nitrogen and oxygen atoms in total. The molecule has 3 aromatic rings. The lowest BCUT2D eigenvalue weighted by molar-refractivity contribution is 0.577. The molecule has 0 saturated heterocycles. The van der Waals surface area contributed by atoms with E-state index >= 15 is 0 Å². The van der Waals surface area contributed by atoms with Gasteiger partial charge in [-0.05, 0) is 37.1 Å². The van der Waals surface area contributed by atoms with Crippen LogP contribution in [-0.2, 0) is 10.0 Å². The molecule has 26 heavy (non-hydrogen) atoms. The Labute approximate surface area is 155 Å². The van der Waals surface area contributed by atoms with E-state index in [1.807, 2.05) is 56.3 Å². The molecule has 0 unspecified atom stereocenters. The smallest absolute Gasteiger partial charge is 0.210 e. The fourth-order valence-corrected chi connectivity index (χ4v) is 3.95. The quantitative estimate of drug-likeness (QED) is 0.703. The molecule has 0 aliphatic rings. The summed E-state index contributed by atoms with van der Waals surface area (Å²) in [6.07, 6.45) is 0. The molecule has 0 aliphatic carbocycles. The van der Waals surface area contributed by atoms with Gasteiger partial charge in [-0.15, -0.1) is 0 Å². The number of rotatable bonds is 6. The van der Waals surface area contributed by atoms with Crippen LogP contribution in [0.3, 0.4) is 0 Å². The normalized spacial score (nSPS) is 12.7. The standard InChI is InChI=1S/C22H23NO2S/c1-17-8-12-20(13-9-17)22(19-6-4-3-5-7-19)16-23-26(24,25)21-14-10-18(2)11-15-21/h3-15,22-23H,16H2,1-2H3/t22-/m1/s1. The van der Waals surface area contributed by atoms with E-state index in [4.69, 9.17) is 0 Å². The van der Waals surface area contributed by atoms with Crippen LogP contribution in [0.25, 0.3) is 0 Å². The van der Waals surface area contributed by atoms with Crippen molar-refractivity contribution < 1.29 is 8.42 Å². The molecule has 0 radical (unpaired) electrons. The van der Waals surface area contributed by atoms with Crippen LogP contribution in [-0.4, -0.2) is 15.0 Å². The molecule has 0 bridgehead atoms. The summed E-state index contributed by atoms with van der Waals surface area (Å²) in [4.78, 5) is 0.291. The van der Waals surface area contributed by atoms with Gasteiger partial charge in [-0.1, -0.05) is 77.9 Å². The van der Waals surface area contributed by atoms with Gasteiger partial charge in [0.25, 0.3) is 0 Å². The number of hydrogen-bond donors (Lipinski definition) is 1. The topological polar surface area (TPSA) is 46.2 Å². The van der Waals surface area contributed by atoms with Gasteiger partial charge in [0.05, 0.1) is 4.90 Å². The van der Waals surface area contributed by atoms with Crippen molar-refractivity contribution in [1.82, 2.24) is 4.72 Å². The SMILES string of the molecule is Cc1ccc([C@H](CNS(=O)(=O)c2ccc(C)cc2)c2ccccc2)cc1. The maximum atomic E-state index is 12.7. The van der Waals surface area contributed by atoms with Crippen LogP contribution in [0.5, 0.6) is 0 Å². The molecule has 0 spiro atoms. The maximum absolute atomic E-state index is 12.7. The van der Waals surface area contributed by atoms with E-state index in [-0.39, 0.29) is 5.92 Å². The van der Waals surface area contributed by atoms with Gasteiger partial charge in [0.15, 0.2) is 0 Å². The van der Waals surface area contributed by atoms with Gasteiger partial charge >= 0.3 is 0 Å². The van der Waals surface area contributed by atoms with Crippen molar-refractivity contribution in [3.05, 3.63) is 101 Å². The lowest BCUT2D eigenvalue weighted by Gasteiger charge is -2.19. The van der Waals surface area contributed by atoms with E-state index in [2.05, 4.69) is 29.0 Å². The average Bonchev–Trinajstić information content (AvgIpc) is 2.64. The minimum Gasteiger partial charge on any atom is -0.210 e. The minimum atomic E-state index is -3.55. The first-order valence-electron chi connectivity index (χ1n) is 8.63. The lowest BCUT2D eigenvalue weighted by atomic mass is 9.91. The molecule has 0 fully saturated rings. The van der Waals surface area contributed by atoms with Crippen LogP contribution in [0.1, 0.15) is 28.2 Å². The molecular formula is C22H23NO2S. The third-order valence-corrected chi connectivity index (χ3v) is 5.93. The lowest BCUT2D eigenvalue weighted by Crippen LogP contribution is -2.29. The zero-order chi connectivity index (χ0) is 18.6. The Balaban J connectivity index is 1.86. The first kappa shape index (κ1) is 18.4. The second-order valence-corrected chi connectivity index (χ2v) is 8.31. The van der Waals surface area contributed by atoms with Crippen LogP contribution < -0.4 is 4.72 Å². The molecule has 3 rings (SSSR count). The van der Waals surface area contributed by atoms with Crippen LogP contribution in [0.15, 0.2) is 83.8 Å². The Morgan fingerprint density at radius 3 is 1.81 bits per heavy atom. The minimum absolute atomic E-state index is 0.0444. The van der Waals surface area contributed by atoms with Crippen molar-refractivity contribution in [3.63, 3.8) is 0 Å². The molecule has 1 atom stereocenters. The first-order chi connectivity index (χ1) is 12.5. The summed E-state index contributed by atoms with van der Waals surface area (Å²) in [6, 6.07) is 25.1. The van der Waals surface area contributed by atoms with Crippen LogP contribution >= 0.6 is 0 Å². The Kier molecular flexibility index (Phi) is 5.55. The average molecular weight is 365 g/mol. The summed E-state index contributed by atoms with van der Waals surface area (Å²) in [5, 5.41) is 0. The predicted molar refractivity (Wildman–Crippen MR) is 106 cm³/mol. The van der Waals surface area contributed by atoms with E-state index in [1.54, 1.807) is 12.1 Å². The van der Waals surface area contributed by atoms with Crippen LogP contribution in [0.4, 0.5) is 0 Å². The van der Waals surface area contributed by atoms with E-state index < -0.39 is 10.0 Å². The van der Waals surface area contributed by atoms with Crippen molar-refractivity contribution in [3.8, 4) is 0 Å². The van der Waals surface area contributed by atoms with Crippen molar-refractivity contribution in [2.45, 2.75) is 24.7 Å². The number of hydrogen-bond acceptors (Lipinski definition) is 2. The fraction of sp³-hybridized carbons (Fsp3) is 0.182. The summed E-state index contributed by atoms with van der Waals surface area (Å²) in [7, 11) is -3.55. The molecule has 0 heterocycles. The van der Waals surface area contributed by atoms with Gasteiger partial charge in [0.2, 0.25) is 10.0 Å². The van der Waals surface area contributed by atoms with Crippen molar-refractivity contribution in [2.24, 2.45) is 0 Å². The Hall–Kier alpha value is -2.43. The third-order valence-electron chi connectivity index (χ3n) is 4.49. The number of benzene rings is 3. The third kappa shape index (κ3) is 4.40. The summed E-state index contributed by atoms with van der Waals surface area (Å²) in [5.41, 5.74) is 4.39. The van der Waals surface area contributed by atoms with E-state index in [0.717, 1.165) is 16.7 Å². The number of sulfonamides is 1. The molecule has 0 saturated carbocycles. The maximum Gasteiger partial charge on any atom is 0.240 e. The molecule has 1 N–H and O–H groups in total. The highest BCUT2D eigenvalue weighted by molar-refractivity contribution is 7.89. The van der Waals surface area contributed by atoms with Crippen molar-refractivity contribution >= 4 is 10.0 Å². The van der Waals surface area contributed by atoms with Crippen LogP contribution in [0, 0.1) is 13.8 Å². The predicted octanol–water partition coefficient (Wildman–Crippen LogP) is 4.41. The van der Waals surface area contributed by atoms with Gasteiger partial charge in [0.1, 0.15) is 0 Å². The molecule has 4 heteroatoms. The highest BCUT2D eigenvalue weighted by Crippen LogP contribution is 2.25.